The van der Waals surface area contributed by atoms with Crippen LogP contribution in [0.2, 0.25) is 0 Å². The van der Waals surface area contributed by atoms with Gasteiger partial charge in [0.2, 0.25) is 0 Å². The minimum atomic E-state index is -4.91. The number of fused-ring (bicyclic) bond motifs is 1. The summed E-state index contributed by atoms with van der Waals surface area (Å²) in [6.07, 6.45) is 0. The van der Waals surface area contributed by atoms with Crippen molar-refractivity contribution in [1.29, 1.82) is 0 Å². The summed E-state index contributed by atoms with van der Waals surface area (Å²) >= 11 is 0. The Kier molecular flexibility index (Phi) is 3.13. The molecule has 8 nitrogen and oxygen atoms in total. The topological polar surface area (TPSA) is 149 Å². The first-order valence-electron chi connectivity index (χ1n) is 4.95. The number of hydrogen-bond acceptors (Lipinski definition) is 6. The molecule has 0 radical (unpaired) electrons. The highest BCUT2D eigenvalue weighted by molar-refractivity contribution is 7.86. The van der Waals surface area contributed by atoms with Crippen molar-refractivity contribution in [2.75, 3.05) is 0 Å². The minimum Gasteiger partial charge on any atom is -0.508 e. The van der Waals surface area contributed by atoms with Crippen molar-refractivity contribution in [2.24, 2.45) is 0 Å². The maximum absolute atomic E-state index is 11.3. The highest BCUT2D eigenvalue weighted by atomic mass is 32.2. The van der Waals surface area contributed by atoms with Gasteiger partial charge in [-0.15, -0.1) is 0 Å². The SMILES string of the molecule is O=S(=O)(O)c1cc(S(=O)(=O)O)c2cc(O)ccc2c1O. The Balaban J connectivity index is 3.12. The summed E-state index contributed by atoms with van der Waals surface area (Å²) in [4.78, 5) is -1.93. The van der Waals surface area contributed by atoms with Gasteiger partial charge in [0, 0.05) is 10.8 Å². The van der Waals surface area contributed by atoms with E-state index in [1.807, 2.05) is 0 Å². The van der Waals surface area contributed by atoms with E-state index in [-0.39, 0.29) is 16.5 Å². The van der Waals surface area contributed by atoms with Crippen molar-refractivity contribution >= 4 is 31.0 Å². The molecule has 108 valence electrons. The van der Waals surface area contributed by atoms with E-state index in [9.17, 15) is 27.0 Å². The molecule has 2 aromatic rings. The van der Waals surface area contributed by atoms with Gasteiger partial charge in [-0.05, 0) is 24.3 Å². The van der Waals surface area contributed by atoms with Gasteiger partial charge in [0.25, 0.3) is 20.2 Å². The van der Waals surface area contributed by atoms with Crippen molar-refractivity contribution in [3.05, 3.63) is 24.3 Å². The third-order valence-electron chi connectivity index (χ3n) is 2.58. The number of benzene rings is 2. The molecule has 0 fully saturated rings. The highest BCUT2D eigenvalue weighted by Gasteiger charge is 2.25. The summed E-state index contributed by atoms with van der Waals surface area (Å²) in [5, 5.41) is 18.5. The van der Waals surface area contributed by atoms with Gasteiger partial charge in [0.05, 0.1) is 0 Å². The zero-order valence-corrected chi connectivity index (χ0v) is 11.2. The van der Waals surface area contributed by atoms with Crippen LogP contribution >= 0.6 is 0 Å². The summed E-state index contributed by atoms with van der Waals surface area (Å²) in [6, 6.07) is 3.45. The second kappa shape index (κ2) is 4.31. The Morgan fingerprint density at radius 1 is 0.750 bits per heavy atom. The van der Waals surface area contributed by atoms with Gasteiger partial charge in [-0.2, -0.15) is 16.8 Å². The summed E-state index contributed by atoms with van der Waals surface area (Å²) < 4.78 is 62.8. The van der Waals surface area contributed by atoms with E-state index < -0.39 is 35.8 Å². The Morgan fingerprint density at radius 2 is 1.30 bits per heavy atom. The van der Waals surface area contributed by atoms with Crippen LogP contribution in [0, 0.1) is 0 Å². The van der Waals surface area contributed by atoms with Gasteiger partial charge in [-0.25, -0.2) is 0 Å². The van der Waals surface area contributed by atoms with E-state index in [2.05, 4.69) is 0 Å². The average Bonchev–Trinajstić information content (AvgIpc) is 2.25. The summed E-state index contributed by atoms with van der Waals surface area (Å²) in [5.74, 6) is -1.25. The Labute approximate surface area is 113 Å². The van der Waals surface area contributed by atoms with Gasteiger partial charge in [-0.1, -0.05) is 0 Å². The van der Waals surface area contributed by atoms with Crippen LogP contribution in [-0.4, -0.2) is 36.2 Å². The molecule has 10 heteroatoms. The fourth-order valence-corrected chi connectivity index (χ4v) is 3.16. The predicted octanol–water partition coefficient (Wildman–Crippen LogP) is 0.744. The van der Waals surface area contributed by atoms with Crippen LogP contribution in [0.25, 0.3) is 10.8 Å². The quantitative estimate of drug-likeness (QED) is 0.592. The van der Waals surface area contributed by atoms with Gasteiger partial charge < -0.3 is 10.2 Å². The van der Waals surface area contributed by atoms with Crippen LogP contribution in [0.4, 0.5) is 0 Å². The number of phenols is 2. The fourth-order valence-electron chi connectivity index (χ4n) is 1.75. The van der Waals surface area contributed by atoms with Crippen LogP contribution in [0.5, 0.6) is 11.5 Å². The standard InChI is InChI=1S/C10H8O8S2/c11-5-1-2-6-7(3-5)8(19(13,14)15)4-9(10(6)12)20(16,17)18/h1-4,11-12H,(H,13,14,15)(H,16,17,18). The summed E-state index contributed by atoms with van der Waals surface area (Å²) in [5.41, 5.74) is 0. The van der Waals surface area contributed by atoms with E-state index in [0.717, 1.165) is 18.2 Å². The normalized spacial score (nSPS) is 12.7. The smallest absolute Gasteiger partial charge is 0.298 e. The number of phenolic OH excluding ortho intramolecular Hbond substituents is 2. The van der Waals surface area contributed by atoms with Crippen molar-refractivity contribution < 1.29 is 36.2 Å². The lowest BCUT2D eigenvalue weighted by Gasteiger charge is -2.10. The summed E-state index contributed by atoms with van der Waals surface area (Å²) in [6.45, 7) is 0. The van der Waals surface area contributed by atoms with Crippen LogP contribution in [0.1, 0.15) is 0 Å². The molecule has 2 rings (SSSR count). The molecule has 4 N–H and O–H groups in total. The molecular formula is C10H8O8S2. The molecule has 20 heavy (non-hydrogen) atoms. The molecule has 0 saturated heterocycles. The number of rotatable bonds is 2. The van der Waals surface area contributed by atoms with Crippen LogP contribution in [0.15, 0.2) is 34.1 Å². The number of hydrogen-bond donors (Lipinski definition) is 4. The Morgan fingerprint density at radius 3 is 1.80 bits per heavy atom. The first kappa shape index (κ1) is 14.5. The van der Waals surface area contributed by atoms with Crippen molar-refractivity contribution in [3.63, 3.8) is 0 Å². The van der Waals surface area contributed by atoms with Gasteiger partial charge in [-0.3, -0.25) is 9.11 Å². The monoisotopic (exact) mass is 320 g/mol. The first-order valence-corrected chi connectivity index (χ1v) is 7.83. The van der Waals surface area contributed by atoms with Gasteiger partial charge >= 0.3 is 0 Å². The maximum Gasteiger partial charge on any atom is 0.298 e. The lowest BCUT2D eigenvalue weighted by atomic mass is 10.1. The molecule has 0 saturated carbocycles. The molecule has 0 bridgehead atoms. The van der Waals surface area contributed by atoms with E-state index in [0.29, 0.717) is 6.07 Å². The van der Waals surface area contributed by atoms with Crippen LogP contribution in [-0.2, 0) is 20.2 Å². The lowest BCUT2D eigenvalue weighted by Crippen LogP contribution is -2.05. The van der Waals surface area contributed by atoms with Crippen molar-refractivity contribution in [2.45, 2.75) is 9.79 Å². The fraction of sp³-hybridized carbons (Fsp3) is 0. The molecule has 0 atom stereocenters. The second-order valence-electron chi connectivity index (χ2n) is 3.90. The third kappa shape index (κ3) is 2.41. The van der Waals surface area contributed by atoms with E-state index >= 15 is 0 Å². The van der Waals surface area contributed by atoms with Crippen LogP contribution < -0.4 is 0 Å². The van der Waals surface area contributed by atoms with E-state index in [1.54, 1.807) is 0 Å². The van der Waals surface area contributed by atoms with Gasteiger partial charge in [0.15, 0.2) is 0 Å². The molecule has 0 unspecified atom stereocenters. The second-order valence-corrected chi connectivity index (χ2v) is 6.68. The molecule has 0 heterocycles. The number of aromatic hydroxyl groups is 2. The summed E-state index contributed by atoms with van der Waals surface area (Å²) in [7, 11) is -9.75. The average molecular weight is 320 g/mol. The molecule has 0 amide bonds. The lowest BCUT2D eigenvalue weighted by molar-refractivity contribution is 0.447. The molecule has 0 aromatic heterocycles. The highest BCUT2D eigenvalue weighted by Crippen LogP contribution is 2.37. The maximum atomic E-state index is 11.3. The molecule has 2 aromatic carbocycles. The molecule has 0 aliphatic carbocycles. The van der Waals surface area contributed by atoms with Gasteiger partial charge in [0.1, 0.15) is 21.3 Å². The third-order valence-corrected chi connectivity index (χ3v) is 4.34. The molecule has 0 aliphatic heterocycles. The van der Waals surface area contributed by atoms with Crippen molar-refractivity contribution in [1.82, 2.24) is 0 Å². The molecule has 0 aliphatic rings. The Hall–Kier alpha value is -1.88. The first-order chi connectivity index (χ1) is 9.01. The molecule has 0 spiro atoms. The minimum absolute atomic E-state index is 0.273. The zero-order valence-electron chi connectivity index (χ0n) is 9.55. The largest absolute Gasteiger partial charge is 0.508 e. The molecular weight excluding hydrogens is 312 g/mol. The van der Waals surface area contributed by atoms with E-state index in [4.69, 9.17) is 9.11 Å². The van der Waals surface area contributed by atoms with E-state index in [1.165, 1.54) is 0 Å². The Bertz CT molecular complexity index is 912. The predicted molar refractivity (Wildman–Crippen MR) is 66.9 cm³/mol. The van der Waals surface area contributed by atoms with Crippen LogP contribution in [0.3, 0.4) is 0 Å². The van der Waals surface area contributed by atoms with Crippen molar-refractivity contribution in [3.8, 4) is 11.5 Å². The zero-order chi connectivity index (χ0) is 15.3.